The first-order valence-electron chi connectivity index (χ1n) is 6.34. The number of hydrogen-bond acceptors (Lipinski definition) is 4. The summed E-state index contributed by atoms with van der Waals surface area (Å²) in [4.78, 5) is 4.93. The summed E-state index contributed by atoms with van der Waals surface area (Å²) in [6.07, 6.45) is 2.91. The summed E-state index contributed by atoms with van der Waals surface area (Å²) in [5, 5.41) is 3.55. The summed E-state index contributed by atoms with van der Waals surface area (Å²) in [6, 6.07) is 1.38. The van der Waals surface area contributed by atoms with Gasteiger partial charge >= 0.3 is 0 Å². The van der Waals surface area contributed by atoms with Gasteiger partial charge in [-0.3, -0.25) is 0 Å². The molecule has 3 unspecified atom stereocenters. The van der Waals surface area contributed by atoms with Gasteiger partial charge in [-0.05, 0) is 33.5 Å². The third-order valence-electron chi connectivity index (χ3n) is 3.97. The largest absolute Gasteiger partial charge is 0.380 e. The van der Waals surface area contributed by atoms with Crippen molar-refractivity contribution in [3.63, 3.8) is 0 Å². The second-order valence-electron chi connectivity index (χ2n) is 5.36. The van der Waals surface area contributed by atoms with Crippen LogP contribution in [0.25, 0.3) is 0 Å². The molecule has 2 heterocycles. The van der Waals surface area contributed by atoms with Gasteiger partial charge in [0.05, 0.1) is 6.10 Å². The number of likely N-dealkylation sites (N-methyl/N-ethyl adjacent to an activating group) is 1. The van der Waals surface area contributed by atoms with Crippen LogP contribution in [0.2, 0.25) is 0 Å². The molecule has 2 saturated heterocycles. The molecule has 2 fully saturated rings. The minimum absolute atomic E-state index is 0.428. The lowest BCUT2D eigenvalue weighted by Crippen LogP contribution is -2.38. The maximum atomic E-state index is 5.38. The Morgan fingerprint density at radius 3 is 2.81 bits per heavy atom. The van der Waals surface area contributed by atoms with E-state index >= 15 is 0 Å². The molecular formula is C12H25N3O. The summed E-state index contributed by atoms with van der Waals surface area (Å²) < 4.78 is 5.38. The van der Waals surface area contributed by atoms with Crippen molar-refractivity contribution >= 4 is 0 Å². The Balaban J connectivity index is 1.71. The molecule has 0 aliphatic carbocycles. The van der Waals surface area contributed by atoms with Crippen LogP contribution in [0.4, 0.5) is 0 Å². The summed E-state index contributed by atoms with van der Waals surface area (Å²) in [6.45, 7) is 4.68. The van der Waals surface area contributed by atoms with Crippen LogP contribution in [0.5, 0.6) is 0 Å². The summed E-state index contributed by atoms with van der Waals surface area (Å²) in [7, 11) is 6.18. The van der Waals surface area contributed by atoms with Crippen molar-refractivity contribution in [1.29, 1.82) is 0 Å². The van der Waals surface area contributed by atoms with Gasteiger partial charge in [0.1, 0.15) is 0 Å². The number of nitrogens with zero attached hydrogens (tertiary/aromatic N) is 2. The fourth-order valence-electron chi connectivity index (χ4n) is 2.81. The number of nitrogens with one attached hydrogen (secondary N) is 1. The molecule has 2 aliphatic heterocycles. The first kappa shape index (κ1) is 12.3. The topological polar surface area (TPSA) is 27.7 Å². The van der Waals surface area contributed by atoms with Crippen LogP contribution < -0.4 is 5.32 Å². The fraction of sp³-hybridized carbons (Fsp3) is 1.00. The van der Waals surface area contributed by atoms with Gasteiger partial charge in [-0.25, -0.2) is 0 Å². The zero-order chi connectivity index (χ0) is 11.5. The molecule has 16 heavy (non-hydrogen) atoms. The van der Waals surface area contributed by atoms with Gasteiger partial charge in [0.2, 0.25) is 0 Å². The fourth-order valence-corrected chi connectivity index (χ4v) is 2.81. The standard InChI is InChI=1S/C12H25N3O/c1-14(2)11-4-5-15(9-11)8-10-6-12(16-3)7-13-10/h10-13H,4-9H2,1-3H3. The zero-order valence-electron chi connectivity index (χ0n) is 10.8. The van der Waals surface area contributed by atoms with E-state index in [-0.39, 0.29) is 0 Å². The zero-order valence-corrected chi connectivity index (χ0v) is 10.8. The number of methoxy groups -OCH3 is 1. The molecule has 0 amide bonds. The Morgan fingerprint density at radius 1 is 1.44 bits per heavy atom. The van der Waals surface area contributed by atoms with Crippen molar-refractivity contribution in [1.82, 2.24) is 15.1 Å². The Bertz CT molecular complexity index is 222. The van der Waals surface area contributed by atoms with Crippen LogP contribution >= 0.6 is 0 Å². The van der Waals surface area contributed by atoms with Crippen molar-refractivity contribution in [3.8, 4) is 0 Å². The van der Waals surface area contributed by atoms with E-state index in [1.54, 1.807) is 0 Å². The van der Waals surface area contributed by atoms with Crippen molar-refractivity contribution in [2.75, 3.05) is 47.4 Å². The van der Waals surface area contributed by atoms with Crippen LogP contribution in [-0.4, -0.2) is 75.4 Å². The molecule has 2 rings (SSSR count). The average Bonchev–Trinajstić information content (AvgIpc) is 2.87. The maximum absolute atomic E-state index is 5.38. The minimum atomic E-state index is 0.428. The van der Waals surface area contributed by atoms with E-state index in [4.69, 9.17) is 4.74 Å². The van der Waals surface area contributed by atoms with Crippen LogP contribution in [-0.2, 0) is 4.74 Å². The lowest BCUT2D eigenvalue weighted by atomic mass is 10.2. The van der Waals surface area contributed by atoms with E-state index in [0.717, 1.165) is 12.6 Å². The third-order valence-corrected chi connectivity index (χ3v) is 3.97. The highest BCUT2D eigenvalue weighted by Crippen LogP contribution is 2.16. The van der Waals surface area contributed by atoms with Crippen LogP contribution in [0.3, 0.4) is 0 Å². The lowest BCUT2D eigenvalue weighted by Gasteiger charge is -2.22. The molecule has 0 aromatic heterocycles. The molecule has 0 aromatic carbocycles. The molecule has 2 aliphatic rings. The molecule has 0 saturated carbocycles. The maximum Gasteiger partial charge on any atom is 0.0711 e. The number of ether oxygens (including phenoxy) is 1. The van der Waals surface area contributed by atoms with E-state index in [1.807, 2.05) is 7.11 Å². The molecular weight excluding hydrogens is 202 g/mol. The second-order valence-corrected chi connectivity index (χ2v) is 5.36. The first-order valence-corrected chi connectivity index (χ1v) is 6.34. The monoisotopic (exact) mass is 227 g/mol. The summed E-state index contributed by atoms with van der Waals surface area (Å²) in [5.74, 6) is 0. The molecule has 3 atom stereocenters. The lowest BCUT2D eigenvalue weighted by molar-refractivity contribution is 0.116. The molecule has 4 heteroatoms. The Labute approximate surface area is 98.9 Å². The normalized spacial score (nSPS) is 36.4. The molecule has 0 radical (unpaired) electrons. The van der Waals surface area contributed by atoms with Crippen molar-refractivity contribution < 1.29 is 4.74 Å². The minimum Gasteiger partial charge on any atom is -0.380 e. The second kappa shape index (κ2) is 5.45. The third kappa shape index (κ3) is 2.94. The molecule has 0 aromatic rings. The average molecular weight is 227 g/mol. The SMILES string of the molecule is COC1CNC(CN2CCC(N(C)C)C2)C1. The summed E-state index contributed by atoms with van der Waals surface area (Å²) in [5.41, 5.74) is 0. The number of likely N-dealkylation sites (tertiary alicyclic amines) is 1. The van der Waals surface area contributed by atoms with E-state index in [9.17, 15) is 0 Å². The van der Waals surface area contributed by atoms with Gasteiger partial charge < -0.3 is 19.9 Å². The molecule has 0 bridgehead atoms. The van der Waals surface area contributed by atoms with Gasteiger partial charge in [-0.15, -0.1) is 0 Å². The molecule has 4 nitrogen and oxygen atoms in total. The van der Waals surface area contributed by atoms with E-state index in [2.05, 4.69) is 29.2 Å². The highest BCUT2D eigenvalue weighted by atomic mass is 16.5. The number of rotatable bonds is 4. The van der Waals surface area contributed by atoms with Crippen LogP contribution in [0.15, 0.2) is 0 Å². The highest BCUT2D eigenvalue weighted by molar-refractivity contribution is 4.88. The Kier molecular flexibility index (Phi) is 4.19. The van der Waals surface area contributed by atoms with Crippen molar-refractivity contribution in [3.05, 3.63) is 0 Å². The summed E-state index contributed by atoms with van der Waals surface area (Å²) >= 11 is 0. The van der Waals surface area contributed by atoms with Gasteiger partial charge in [0.15, 0.2) is 0 Å². The van der Waals surface area contributed by atoms with Gasteiger partial charge in [-0.2, -0.15) is 0 Å². The molecule has 94 valence electrons. The van der Waals surface area contributed by atoms with Gasteiger partial charge in [0, 0.05) is 38.8 Å². The first-order chi connectivity index (χ1) is 7.69. The Morgan fingerprint density at radius 2 is 2.25 bits per heavy atom. The number of hydrogen-bond donors (Lipinski definition) is 1. The van der Waals surface area contributed by atoms with E-state index < -0.39 is 0 Å². The smallest absolute Gasteiger partial charge is 0.0711 e. The van der Waals surface area contributed by atoms with Gasteiger partial charge in [-0.1, -0.05) is 0 Å². The predicted octanol–water partition coefficient (Wildman–Crippen LogP) is -0.000800. The molecule has 1 N–H and O–H groups in total. The molecule has 0 spiro atoms. The van der Waals surface area contributed by atoms with Crippen LogP contribution in [0, 0.1) is 0 Å². The highest BCUT2D eigenvalue weighted by Gasteiger charge is 2.29. The quantitative estimate of drug-likeness (QED) is 0.731. The Hall–Kier alpha value is -0.160. The van der Waals surface area contributed by atoms with E-state index in [0.29, 0.717) is 12.1 Å². The van der Waals surface area contributed by atoms with Gasteiger partial charge in [0.25, 0.3) is 0 Å². The van der Waals surface area contributed by atoms with Crippen molar-refractivity contribution in [2.24, 2.45) is 0 Å². The van der Waals surface area contributed by atoms with E-state index in [1.165, 1.54) is 32.5 Å². The van der Waals surface area contributed by atoms with Crippen molar-refractivity contribution in [2.45, 2.75) is 31.0 Å². The van der Waals surface area contributed by atoms with Crippen LogP contribution in [0.1, 0.15) is 12.8 Å². The predicted molar refractivity (Wildman–Crippen MR) is 65.7 cm³/mol.